The zero-order valence-corrected chi connectivity index (χ0v) is 17.3. The van der Waals surface area contributed by atoms with Gasteiger partial charge < -0.3 is 14.3 Å². The summed E-state index contributed by atoms with van der Waals surface area (Å²) in [5, 5.41) is 14.1. The van der Waals surface area contributed by atoms with Gasteiger partial charge in [-0.2, -0.15) is 0 Å². The van der Waals surface area contributed by atoms with Crippen LogP contribution < -0.4 is 5.11 Å². The molecule has 2 aromatic rings. The molecule has 5 rings (SSSR count). The number of quaternary nitrogens is 1. The number of ether oxygens (including phenoxy) is 1. The summed E-state index contributed by atoms with van der Waals surface area (Å²) in [6.45, 7) is 4.04. The summed E-state index contributed by atoms with van der Waals surface area (Å²) in [6, 6.07) is 17.7. The Labute approximate surface area is 179 Å². The van der Waals surface area contributed by atoms with E-state index >= 15 is 0 Å². The molecule has 0 amide bonds. The average Bonchev–Trinajstić information content (AvgIpc) is 2.80. The van der Waals surface area contributed by atoms with E-state index in [1.54, 1.807) is 48.5 Å². The number of esters is 1. The zero-order valence-electron chi connectivity index (χ0n) is 17.3. The van der Waals surface area contributed by atoms with Gasteiger partial charge in [0, 0.05) is 37.2 Å². The average molecular weight is 404 g/mol. The van der Waals surface area contributed by atoms with E-state index in [2.05, 4.69) is 5.92 Å². The maximum atomic E-state index is 14.1. The highest BCUT2D eigenvalue weighted by Gasteiger charge is 2.48. The second-order valence-corrected chi connectivity index (χ2v) is 8.70. The third-order valence-corrected chi connectivity index (χ3v) is 6.90. The number of rotatable bonds is 7. The third kappa shape index (κ3) is 3.88. The van der Waals surface area contributed by atoms with Crippen molar-refractivity contribution < 1.29 is 19.1 Å². The van der Waals surface area contributed by atoms with Crippen molar-refractivity contribution in [3.05, 3.63) is 71.8 Å². The quantitative estimate of drug-likeness (QED) is 0.309. The van der Waals surface area contributed by atoms with Gasteiger partial charge in [0.15, 0.2) is 6.10 Å². The molecule has 2 bridgehead atoms. The molecule has 0 spiro atoms. The number of fused-ring (bicyclic) bond motifs is 3. The molecule has 3 saturated heterocycles. The molecule has 1 unspecified atom stereocenters. The fraction of sp³-hybridized carbons (Fsp3) is 0.423. The van der Waals surface area contributed by atoms with Crippen LogP contribution in [-0.2, 0) is 15.1 Å². The number of carbonyl (C=O) groups is 1. The van der Waals surface area contributed by atoms with E-state index < -0.39 is 11.6 Å². The molecule has 1 atom stereocenters. The third-order valence-electron chi connectivity index (χ3n) is 6.90. The predicted molar refractivity (Wildman–Crippen MR) is 114 cm³/mol. The molecule has 3 heterocycles. The van der Waals surface area contributed by atoms with Crippen LogP contribution in [0.4, 0.5) is 0 Å². The van der Waals surface area contributed by atoms with Gasteiger partial charge in [-0.15, -0.1) is 12.3 Å². The van der Waals surface area contributed by atoms with E-state index in [1.165, 1.54) is 0 Å². The molecule has 3 aliphatic rings. The number of piperidine rings is 3. The van der Waals surface area contributed by atoms with E-state index in [9.17, 15) is 9.90 Å². The Morgan fingerprint density at radius 1 is 1.07 bits per heavy atom. The van der Waals surface area contributed by atoms with Crippen molar-refractivity contribution in [2.75, 3.05) is 26.2 Å². The van der Waals surface area contributed by atoms with Gasteiger partial charge in [-0.1, -0.05) is 60.7 Å². The summed E-state index contributed by atoms with van der Waals surface area (Å²) in [4.78, 5) is 13.4. The molecule has 4 heteroatoms. The van der Waals surface area contributed by atoms with Crippen molar-refractivity contribution in [3.63, 3.8) is 0 Å². The Morgan fingerprint density at radius 3 is 2.17 bits per heavy atom. The molecule has 0 saturated carbocycles. The maximum Gasteiger partial charge on any atom is 0.304 e. The lowest BCUT2D eigenvalue weighted by Crippen LogP contribution is -2.65. The van der Waals surface area contributed by atoms with Crippen LogP contribution in [0.5, 0.6) is 0 Å². The summed E-state index contributed by atoms with van der Waals surface area (Å²) in [5.41, 5.74) is -1.23. The van der Waals surface area contributed by atoms with Crippen molar-refractivity contribution in [2.24, 2.45) is 5.92 Å². The lowest BCUT2D eigenvalue weighted by Gasteiger charge is -2.53. The van der Waals surface area contributed by atoms with Crippen LogP contribution in [0, 0.1) is 18.3 Å². The molecule has 0 radical (unpaired) electrons. The van der Waals surface area contributed by atoms with E-state index in [4.69, 9.17) is 11.2 Å². The number of carbonyl (C=O) groups excluding carboxylic acids is 1. The summed E-state index contributed by atoms with van der Waals surface area (Å²) < 4.78 is 6.98. The first-order valence-electron chi connectivity index (χ1n) is 10.9. The molecule has 156 valence electrons. The molecule has 0 aliphatic carbocycles. The topological polar surface area (TPSA) is 49.4 Å². The Balaban J connectivity index is 1.57. The largest absolute Gasteiger partial charge is 0.834 e. The van der Waals surface area contributed by atoms with E-state index in [-0.39, 0.29) is 6.10 Å². The van der Waals surface area contributed by atoms with E-state index in [1.807, 2.05) is 12.1 Å². The summed E-state index contributed by atoms with van der Waals surface area (Å²) in [6.07, 6.45) is 9.07. The van der Waals surface area contributed by atoms with Crippen LogP contribution in [0.15, 0.2) is 60.7 Å². The molecule has 3 aliphatic heterocycles. The smallest absolute Gasteiger partial charge is 0.304 e. The van der Waals surface area contributed by atoms with Crippen LogP contribution in [0.25, 0.3) is 0 Å². The molecule has 0 aromatic heterocycles. The normalized spacial score (nSPS) is 25.5. The monoisotopic (exact) mass is 403 g/mol. The summed E-state index contributed by atoms with van der Waals surface area (Å²) in [5.74, 6) is 2.38. The highest BCUT2D eigenvalue weighted by atomic mass is 16.6. The number of hydrogen-bond donors (Lipinski definition) is 0. The number of benzene rings is 2. The van der Waals surface area contributed by atoms with Gasteiger partial charge in [-0.05, 0) is 11.1 Å². The minimum atomic E-state index is -2.07. The molecular weight excluding hydrogens is 374 g/mol. The fourth-order valence-electron chi connectivity index (χ4n) is 5.15. The Kier molecular flexibility index (Phi) is 5.94. The first-order chi connectivity index (χ1) is 14.6. The van der Waals surface area contributed by atoms with Crippen LogP contribution in [-0.4, -0.2) is 42.7 Å². The maximum absolute atomic E-state index is 14.1. The summed E-state index contributed by atoms with van der Waals surface area (Å²) in [7, 11) is 0. The van der Waals surface area contributed by atoms with Crippen molar-refractivity contribution in [1.82, 2.24) is 0 Å². The lowest BCUT2D eigenvalue weighted by molar-refractivity contribution is -0.946. The minimum Gasteiger partial charge on any atom is -0.834 e. The Morgan fingerprint density at radius 2 is 1.63 bits per heavy atom. The van der Waals surface area contributed by atoms with Crippen LogP contribution in [0.3, 0.4) is 0 Å². The van der Waals surface area contributed by atoms with Crippen LogP contribution in [0.1, 0.15) is 36.8 Å². The molecule has 0 N–H and O–H groups in total. The van der Waals surface area contributed by atoms with Crippen molar-refractivity contribution in [2.45, 2.75) is 37.4 Å². The lowest BCUT2D eigenvalue weighted by atomic mass is 9.82. The Hall–Kier alpha value is -2.61. The van der Waals surface area contributed by atoms with Crippen molar-refractivity contribution >= 4 is 5.97 Å². The van der Waals surface area contributed by atoms with E-state index in [0.717, 1.165) is 56.3 Å². The Bertz CT molecular complexity index is 855. The first-order valence-corrected chi connectivity index (χ1v) is 10.9. The molecule has 30 heavy (non-hydrogen) atoms. The van der Waals surface area contributed by atoms with Gasteiger partial charge in [-0.25, -0.2) is 0 Å². The van der Waals surface area contributed by atoms with E-state index in [0.29, 0.717) is 17.0 Å². The number of hydrogen-bond acceptors (Lipinski definition) is 3. The SMILES string of the molecule is C#CCCC[N+]12CCC(CC1)C(OC(=O)C([O-])(c1ccccc1)c1ccccc1)C2. The van der Waals surface area contributed by atoms with Gasteiger partial charge in [0.25, 0.3) is 0 Å². The number of nitrogens with zero attached hydrogens (tertiary/aromatic N) is 1. The second-order valence-electron chi connectivity index (χ2n) is 8.70. The van der Waals surface area contributed by atoms with Crippen molar-refractivity contribution in [3.8, 4) is 12.3 Å². The zero-order chi connectivity index (χ0) is 21.0. The highest BCUT2D eigenvalue weighted by Crippen LogP contribution is 2.37. The molecule has 4 nitrogen and oxygen atoms in total. The van der Waals surface area contributed by atoms with Gasteiger partial charge in [0.1, 0.15) is 6.54 Å². The number of terminal acetylenes is 1. The first kappa shape index (κ1) is 20.7. The highest BCUT2D eigenvalue weighted by molar-refractivity contribution is 5.85. The minimum absolute atomic E-state index is 0.202. The summed E-state index contributed by atoms with van der Waals surface area (Å²) >= 11 is 0. The number of unbranched alkanes of at least 4 members (excludes halogenated alkanes) is 1. The van der Waals surface area contributed by atoms with Gasteiger partial charge >= 0.3 is 5.97 Å². The van der Waals surface area contributed by atoms with Gasteiger partial charge in [0.2, 0.25) is 0 Å². The van der Waals surface area contributed by atoms with Gasteiger partial charge in [0.05, 0.1) is 19.6 Å². The standard InChI is InChI=1S/C26H29NO3/c1-2-3-10-17-27-18-15-21(16-19-27)24(20-27)30-25(28)26(29,22-11-6-4-7-12-22)23-13-8-5-9-14-23/h1,4-9,11-14,21,24H,3,10,15-20H2. The van der Waals surface area contributed by atoms with Crippen LogP contribution in [0.2, 0.25) is 0 Å². The van der Waals surface area contributed by atoms with Gasteiger partial charge in [-0.3, -0.25) is 4.79 Å². The second kappa shape index (κ2) is 8.63. The molecule has 2 aromatic carbocycles. The molecule has 3 fully saturated rings. The van der Waals surface area contributed by atoms with Crippen molar-refractivity contribution in [1.29, 1.82) is 0 Å². The fourth-order valence-corrected chi connectivity index (χ4v) is 5.15. The predicted octanol–water partition coefficient (Wildman–Crippen LogP) is 2.86. The van der Waals surface area contributed by atoms with Crippen LogP contribution >= 0.6 is 0 Å². The molecular formula is C26H29NO3.